The van der Waals surface area contributed by atoms with Gasteiger partial charge >= 0.3 is 12.0 Å². The summed E-state index contributed by atoms with van der Waals surface area (Å²) < 4.78 is 4.80. The second-order valence-electron chi connectivity index (χ2n) is 5.35. The molecule has 126 valence electrons. The van der Waals surface area contributed by atoms with Crippen molar-refractivity contribution in [1.29, 1.82) is 0 Å². The van der Waals surface area contributed by atoms with Gasteiger partial charge in [0.2, 0.25) is 0 Å². The summed E-state index contributed by atoms with van der Waals surface area (Å²) in [4.78, 5) is 49.5. The van der Waals surface area contributed by atoms with Crippen molar-refractivity contribution in [2.75, 3.05) is 6.61 Å². The molecule has 1 aromatic heterocycles. The number of para-hydroxylation sites is 1. The van der Waals surface area contributed by atoms with Gasteiger partial charge in [-0.1, -0.05) is 12.1 Å². The highest BCUT2D eigenvalue weighted by molar-refractivity contribution is 5.97. The Hall–Kier alpha value is -3.16. The Labute approximate surface area is 137 Å². The summed E-state index contributed by atoms with van der Waals surface area (Å²) in [5, 5.41) is 4.92. The van der Waals surface area contributed by atoms with E-state index in [0.29, 0.717) is 10.9 Å². The second-order valence-corrected chi connectivity index (χ2v) is 5.35. The Morgan fingerprint density at radius 3 is 2.62 bits per heavy atom. The molecule has 0 bridgehead atoms. The molecule has 0 atom stereocenters. The highest BCUT2D eigenvalue weighted by atomic mass is 16.5. The minimum absolute atomic E-state index is 0.0712. The van der Waals surface area contributed by atoms with Crippen molar-refractivity contribution in [3.8, 4) is 0 Å². The van der Waals surface area contributed by atoms with Gasteiger partial charge in [-0.3, -0.25) is 14.9 Å². The fourth-order valence-electron chi connectivity index (χ4n) is 1.98. The normalized spacial score (nSPS) is 10.5. The van der Waals surface area contributed by atoms with Crippen LogP contribution in [0.25, 0.3) is 10.9 Å². The van der Waals surface area contributed by atoms with Gasteiger partial charge in [-0.25, -0.2) is 9.59 Å². The van der Waals surface area contributed by atoms with Gasteiger partial charge in [-0.2, -0.15) is 0 Å². The van der Waals surface area contributed by atoms with Crippen molar-refractivity contribution in [3.05, 3.63) is 46.2 Å². The number of carbonyl (C=O) groups is 3. The SMILES string of the molecule is CC(C)NC(=O)NC(=O)COC(=O)c1cc(=O)c2ccccc2[nH]1. The average Bonchev–Trinajstić information content (AvgIpc) is 2.51. The van der Waals surface area contributed by atoms with E-state index in [4.69, 9.17) is 4.74 Å². The largest absolute Gasteiger partial charge is 0.451 e. The predicted molar refractivity (Wildman–Crippen MR) is 86.7 cm³/mol. The minimum Gasteiger partial charge on any atom is -0.451 e. The number of pyridine rings is 1. The van der Waals surface area contributed by atoms with E-state index < -0.39 is 24.5 Å². The monoisotopic (exact) mass is 331 g/mol. The minimum atomic E-state index is -0.864. The van der Waals surface area contributed by atoms with Gasteiger partial charge < -0.3 is 15.0 Å². The third kappa shape index (κ3) is 4.42. The third-order valence-corrected chi connectivity index (χ3v) is 2.96. The predicted octanol–water partition coefficient (Wildman–Crippen LogP) is 0.919. The molecular weight excluding hydrogens is 314 g/mol. The number of nitrogens with one attached hydrogen (secondary N) is 3. The van der Waals surface area contributed by atoms with E-state index >= 15 is 0 Å². The number of aromatic amines is 1. The summed E-state index contributed by atoms with van der Waals surface area (Å²) in [5.74, 6) is -1.64. The van der Waals surface area contributed by atoms with Crippen molar-refractivity contribution in [2.24, 2.45) is 0 Å². The average molecular weight is 331 g/mol. The van der Waals surface area contributed by atoms with Crippen molar-refractivity contribution < 1.29 is 19.1 Å². The summed E-state index contributed by atoms with van der Waals surface area (Å²) in [6, 6.07) is 7.00. The topological polar surface area (TPSA) is 117 Å². The Balaban J connectivity index is 1.99. The molecule has 1 aromatic carbocycles. The first kappa shape index (κ1) is 17.2. The number of benzene rings is 1. The van der Waals surface area contributed by atoms with Crippen molar-refractivity contribution >= 4 is 28.8 Å². The molecule has 2 rings (SSSR count). The highest BCUT2D eigenvalue weighted by Crippen LogP contribution is 2.07. The van der Waals surface area contributed by atoms with Crippen molar-refractivity contribution in [3.63, 3.8) is 0 Å². The number of hydrogen-bond donors (Lipinski definition) is 3. The maximum atomic E-state index is 11.9. The molecule has 0 saturated heterocycles. The first-order chi connectivity index (χ1) is 11.4. The Morgan fingerprint density at radius 2 is 1.92 bits per heavy atom. The molecule has 0 fully saturated rings. The molecule has 0 aliphatic rings. The Morgan fingerprint density at radius 1 is 1.21 bits per heavy atom. The van der Waals surface area contributed by atoms with Crippen LogP contribution in [0.1, 0.15) is 24.3 Å². The van der Waals surface area contributed by atoms with Gasteiger partial charge in [0.05, 0.1) is 0 Å². The Bertz CT molecular complexity index is 841. The summed E-state index contributed by atoms with van der Waals surface area (Å²) in [6.07, 6.45) is 0. The molecule has 0 unspecified atom stereocenters. The molecule has 8 heteroatoms. The highest BCUT2D eigenvalue weighted by Gasteiger charge is 2.14. The molecule has 2 aromatic rings. The van der Waals surface area contributed by atoms with Gasteiger partial charge in [0.15, 0.2) is 12.0 Å². The van der Waals surface area contributed by atoms with Crippen LogP contribution in [0.3, 0.4) is 0 Å². The van der Waals surface area contributed by atoms with E-state index in [9.17, 15) is 19.2 Å². The second kappa shape index (κ2) is 7.40. The molecule has 0 aliphatic heterocycles. The maximum Gasteiger partial charge on any atom is 0.355 e. The van der Waals surface area contributed by atoms with E-state index in [0.717, 1.165) is 6.07 Å². The van der Waals surface area contributed by atoms with Crippen LogP contribution in [0.2, 0.25) is 0 Å². The van der Waals surface area contributed by atoms with Gasteiger partial charge in [0.1, 0.15) is 5.69 Å². The van der Waals surface area contributed by atoms with Crippen molar-refractivity contribution in [2.45, 2.75) is 19.9 Å². The molecule has 0 spiro atoms. The zero-order valence-corrected chi connectivity index (χ0v) is 13.2. The van der Waals surface area contributed by atoms with Crippen LogP contribution in [0.15, 0.2) is 35.1 Å². The van der Waals surface area contributed by atoms with Gasteiger partial charge in [0, 0.05) is 23.0 Å². The van der Waals surface area contributed by atoms with E-state index in [1.165, 1.54) is 0 Å². The number of fused-ring (bicyclic) bond motifs is 1. The Kier molecular flexibility index (Phi) is 5.31. The van der Waals surface area contributed by atoms with Crippen LogP contribution < -0.4 is 16.1 Å². The molecule has 8 nitrogen and oxygen atoms in total. The number of H-pyrrole nitrogens is 1. The number of hydrogen-bond acceptors (Lipinski definition) is 5. The molecule has 3 N–H and O–H groups in total. The van der Waals surface area contributed by atoms with Gasteiger partial charge in [-0.05, 0) is 26.0 Å². The third-order valence-electron chi connectivity index (χ3n) is 2.96. The van der Waals surface area contributed by atoms with E-state index in [1.807, 2.05) is 5.32 Å². The summed E-state index contributed by atoms with van der Waals surface area (Å²) in [6.45, 7) is 2.83. The molecule has 3 amide bonds. The first-order valence-corrected chi connectivity index (χ1v) is 7.26. The quantitative estimate of drug-likeness (QED) is 0.720. The number of rotatable bonds is 4. The number of aromatic nitrogens is 1. The summed E-state index contributed by atoms with van der Waals surface area (Å²) in [7, 11) is 0. The molecule has 24 heavy (non-hydrogen) atoms. The molecule has 0 saturated carbocycles. The molecule has 0 aliphatic carbocycles. The molecule has 0 radical (unpaired) electrons. The van der Waals surface area contributed by atoms with Gasteiger partial charge in [0.25, 0.3) is 5.91 Å². The summed E-state index contributed by atoms with van der Waals surface area (Å²) >= 11 is 0. The van der Waals surface area contributed by atoms with Crippen LogP contribution >= 0.6 is 0 Å². The number of urea groups is 1. The zero-order chi connectivity index (χ0) is 17.7. The van der Waals surface area contributed by atoms with Crippen LogP contribution in [-0.2, 0) is 9.53 Å². The van der Waals surface area contributed by atoms with Crippen molar-refractivity contribution in [1.82, 2.24) is 15.6 Å². The molecule has 1 heterocycles. The lowest BCUT2D eigenvalue weighted by Gasteiger charge is -2.09. The summed E-state index contributed by atoms with van der Waals surface area (Å²) in [5.41, 5.74) is 0.0768. The number of ether oxygens (including phenoxy) is 1. The molecular formula is C16H17N3O5. The van der Waals surface area contributed by atoms with Gasteiger partial charge in [-0.15, -0.1) is 0 Å². The lowest BCUT2D eigenvalue weighted by atomic mass is 10.2. The number of carbonyl (C=O) groups excluding carboxylic acids is 3. The fraction of sp³-hybridized carbons (Fsp3) is 0.250. The first-order valence-electron chi connectivity index (χ1n) is 7.26. The van der Waals surface area contributed by atoms with E-state index in [2.05, 4.69) is 10.3 Å². The van der Waals surface area contributed by atoms with Crippen LogP contribution in [0.5, 0.6) is 0 Å². The number of amides is 3. The zero-order valence-electron chi connectivity index (χ0n) is 13.2. The standard InChI is InChI=1S/C16H17N3O5/c1-9(2)17-16(23)19-14(21)8-24-15(22)12-7-13(20)10-5-3-4-6-11(10)18-12/h3-7,9H,8H2,1-2H3,(H,18,20)(H2,17,19,21,23). The lowest BCUT2D eigenvalue weighted by molar-refractivity contribution is -0.123. The smallest absolute Gasteiger partial charge is 0.355 e. The lowest BCUT2D eigenvalue weighted by Crippen LogP contribution is -2.44. The maximum absolute atomic E-state index is 11.9. The van der Waals surface area contributed by atoms with E-state index in [-0.39, 0.29) is 17.2 Å². The number of imide groups is 1. The van der Waals surface area contributed by atoms with E-state index in [1.54, 1.807) is 38.1 Å². The van der Waals surface area contributed by atoms with Crippen LogP contribution in [0.4, 0.5) is 4.79 Å². The van der Waals surface area contributed by atoms with Crippen LogP contribution in [0, 0.1) is 0 Å². The van der Waals surface area contributed by atoms with Crippen LogP contribution in [-0.4, -0.2) is 35.5 Å². The fourth-order valence-corrected chi connectivity index (χ4v) is 1.98. The number of esters is 1.